The van der Waals surface area contributed by atoms with Gasteiger partial charge in [0.1, 0.15) is 23.1 Å². The summed E-state index contributed by atoms with van der Waals surface area (Å²) in [6, 6.07) is 5.09. The topological polar surface area (TPSA) is 91.7 Å². The average molecular weight is 450 g/mol. The summed E-state index contributed by atoms with van der Waals surface area (Å²) in [5.74, 6) is -1.00. The molecule has 0 radical (unpaired) electrons. The van der Waals surface area contributed by atoms with E-state index in [0.29, 0.717) is 12.4 Å². The number of fused-ring (bicyclic) bond motifs is 1. The van der Waals surface area contributed by atoms with Gasteiger partial charge >= 0.3 is 6.09 Å². The molecule has 0 saturated carbocycles. The summed E-state index contributed by atoms with van der Waals surface area (Å²) in [7, 11) is 1.35. The van der Waals surface area contributed by atoms with Crippen molar-refractivity contribution >= 4 is 34.5 Å². The molecule has 3 aromatic rings. The quantitative estimate of drug-likeness (QED) is 0.608. The maximum absolute atomic E-state index is 15.1. The van der Waals surface area contributed by atoms with Crippen molar-refractivity contribution in [2.45, 2.75) is 13.0 Å². The Hall–Kier alpha value is -3.27. The van der Waals surface area contributed by atoms with E-state index in [9.17, 15) is 14.3 Å². The van der Waals surface area contributed by atoms with E-state index in [4.69, 9.17) is 16.3 Å². The number of halogens is 3. The number of carbonyl (C=O) groups is 1. The number of methoxy groups -OCH3 is 1. The molecule has 11 heteroatoms. The minimum absolute atomic E-state index is 0.0876. The highest BCUT2D eigenvalue weighted by Crippen LogP contribution is 2.36. The summed E-state index contributed by atoms with van der Waals surface area (Å²) in [5.41, 5.74) is -0.291. The molecule has 0 unspecified atom stereocenters. The molecule has 1 aliphatic heterocycles. The van der Waals surface area contributed by atoms with Crippen LogP contribution in [0.2, 0.25) is 5.28 Å². The van der Waals surface area contributed by atoms with E-state index in [1.807, 2.05) is 11.8 Å². The van der Waals surface area contributed by atoms with Crippen LogP contribution in [0.1, 0.15) is 6.92 Å². The third-order valence-corrected chi connectivity index (χ3v) is 5.36. The van der Waals surface area contributed by atoms with Crippen LogP contribution in [0.25, 0.3) is 22.3 Å². The van der Waals surface area contributed by atoms with Gasteiger partial charge in [0.2, 0.25) is 5.28 Å². The summed E-state index contributed by atoms with van der Waals surface area (Å²) in [6.45, 7) is 2.67. The molecule has 4 rings (SSSR count). The summed E-state index contributed by atoms with van der Waals surface area (Å²) in [6.07, 6.45) is -1.01. The van der Waals surface area contributed by atoms with E-state index < -0.39 is 17.7 Å². The van der Waals surface area contributed by atoms with Crippen LogP contribution in [0, 0.1) is 11.6 Å². The Balaban J connectivity index is 1.84. The standard InChI is InChI=1S/C20H18ClF2N5O3/c1-10-9-27(20(29)30)6-7-28(10)18-11-8-13(23)16(24-17(11)25-19(21)26-18)15-12(22)4-3-5-14(15)31-2/h3-5,8,10H,6-7,9H2,1-2H3,(H,29,30)/t10-/m1/s1. The number of hydrogen-bond acceptors (Lipinski definition) is 6. The summed E-state index contributed by atoms with van der Waals surface area (Å²) >= 11 is 6.11. The Bertz CT molecular complexity index is 1180. The zero-order chi connectivity index (χ0) is 22.3. The monoisotopic (exact) mass is 449 g/mol. The van der Waals surface area contributed by atoms with E-state index in [-0.39, 0.29) is 52.5 Å². The fraction of sp³-hybridized carbons (Fsp3) is 0.300. The smallest absolute Gasteiger partial charge is 0.407 e. The van der Waals surface area contributed by atoms with E-state index >= 15 is 4.39 Å². The zero-order valence-corrected chi connectivity index (χ0v) is 17.4. The molecule has 1 N–H and O–H groups in total. The molecule has 0 spiro atoms. The fourth-order valence-corrected chi connectivity index (χ4v) is 3.89. The van der Waals surface area contributed by atoms with Crippen molar-refractivity contribution in [1.82, 2.24) is 19.9 Å². The normalized spacial score (nSPS) is 16.6. The van der Waals surface area contributed by atoms with Gasteiger partial charge in [0, 0.05) is 25.7 Å². The number of aromatic nitrogens is 3. The first-order valence-electron chi connectivity index (χ1n) is 9.41. The van der Waals surface area contributed by atoms with Crippen LogP contribution in [-0.4, -0.2) is 63.8 Å². The van der Waals surface area contributed by atoms with Crippen LogP contribution >= 0.6 is 11.6 Å². The van der Waals surface area contributed by atoms with Gasteiger partial charge in [-0.25, -0.2) is 18.6 Å². The Morgan fingerprint density at radius 1 is 1.23 bits per heavy atom. The fourth-order valence-electron chi connectivity index (χ4n) is 3.73. The van der Waals surface area contributed by atoms with Gasteiger partial charge in [-0.05, 0) is 36.7 Å². The number of hydrogen-bond donors (Lipinski definition) is 1. The lowest BCUT2D eigenvalue weighted by Gasteiger charge is -2.39. The molecule has 2 aromatic heterocycles. The minimum Gasteiger partial charge on any atom is -0.496 e. The number of pyridine rings is 1. The Morgan fingerprint density at radius 2 is 2.00 bits per heavy atom. The van der Waals surface area contributed by atoms with Gasteiger partial charge in [-0.1, -0.05) is 6.07 Å². The molecule has 1 aromatic carbocycles. The highest BCUT2D eigenvalue weighted by atomic mass is 35.5. The van der Waals surface area contributed by atoms with Crippen molar-refractivity contribution in [2.24, 2.45) is 0 Å². The number of nitrogens with zero attached hydrogens (tertiary/aromatic N) is 5. The molecule has 0 bridgehead atoms. The van der Waals surface area contributed by atoms with Crippen molar-refractivity contribution in [3.8, 4) is 17.0 Å². The number of amides is 1. The van der Waals surface area contributed by atoms with E-state index in [1.54, 1.807) is 0 Å². The predicted molar refractivity (Wildman–Crippen MR) is 111 cm³/mol. The van der Waals surface area contributed by atoms with Gasteiger partial charge in [0.05, 0.1) is 18.1 Å². The summed E-state index contributed by atoms with van der Waals surface area (Å²) in [5, 5.41) is 9.41. The Labute approximate surface area is 181 Å². The third-order valence-electron chi connectivity index (χ3n) is 5.20. The largest absolute Gasteiger partial charge is 0.496 e. The highest BCUT2D eigenvalue weighted by molar-refractivity contribution is 6.28. The van der Waals surface area contributed by atoms with Crippen molar-refractivity contribution in [1.29, 1.82) is 0 Å². The molecule has 31 heavy (non-hydrogen) atoms. The van der Waals surface area contributed by atoms with Crippen molar-refractivity contribution in [3.63, 3.8) is 0 Å². The lowest BCUT2D eigenvalue weighted by molar-refractivity contribution is 0.136. The molecule has 162 valence electrons. The number of carboxylic acid groups (broad SMARTS) is 1. The van der Waals surface area contributed by atoms with Gasteiger partial charge in [-0.2, -0.15) is 9.97 Å². The molecular weight excluding hydrogens is 432 g/mol. The van der Waals surface area contributed by atoms with Crippen LogP contribution in [0.3, 0.4) is 0 Å². The van der Waals surface area contributed by atoms with Crippen LogP contribution in [0.4, 0.5) is 19.4 Å². The second-order valence-electron chi connectivity index (χ2n) is 7.09. The Kier molecular flexibility index (Phi) is 5.48. The van der Waals surface area contributed by atoms with Gasteiger partial charge in [-0.15, -0.1) is 0 Å². The van der Waals surface area contributed by atoms with Crippen LogP contribution in [0.15, 0.2) is 24.3 Å². The zero-order valence-electron chi connectivity index (χ0n) is 16.6. The van der Waals surface area contributed by atoms with Gasteiger partial charge in [0.15, 0.2) is 11.5 Å². The van der Waals surface area contributed by atoms with Gasteiger partial charge < -0.3 is 19.6 Å². The first-order valence-corrected chi connectivity index (χ1v) is 9.79. The van der Waals surface area contributed by atoms with Crippen molar-refractivity contribution < 1.29 is 23.4 Å². The maximum atomic E-state index is 15.1. The van der Waals surface area contributed by atoms with Gasteiger partial charge in [-0.3, -0.25) is 0 Å². The Morgan fingerprint density at radius 3 is 2.68 bits per heavy atom. The summed E-state index contributed by atoms with van der Waals surface area (Å²) in [4.78, 5) is 27.0. The van der Waals surface area contributed by atoms with E-state index in [1.165, 1.54) is 36.3 Å². The average Bonchev–Trinajstić information content (AvgIpc) is 2.73. The predicted octanol–water partition coefficient (Wildman–Crippen LogP) is 3.82. The van der Waals surface area contributed by atoms with Crippen LogP contribution in [-0.2, 0) is 0 Å². The van der Waals surface area contributed by atoms with E-state index in [0.717, 1.165) is 0 Å². The maximum Gasteiger partial charge on any atom is 0.407 e. The first-order chi connectivity index (χ1) is 14.8. The second kappa shape index (κ2) is 8.10. The second-order valence-corrected chi connectivity index (χ2v) is 7.43. The molecule has 0 aliphatic carbocycles. The molecule has 3 heterocycles. The molecular formula is C20H18ClF2N5O3. The van der Waals surface area contributed by atoms with E-state index in [2.05, 4.69) is 15.0 Å². The summed E-state index contributed by atoms with van der Waals surface area (Å²) < 4.78 is 34.8. The SMILES string of the molecule is COc1cccc(F)c1-c1nc2nc(Cl)nc(N3CCN(C(=O)O)C[C@H]3C)c2cc1F. The lowest BCUT2D eigenvalue weighted by atomic mass is 10.1. The first kappa shape index (κ1) is 21.0. The van der Waals surface area contributed by atoms with Gasteiger partial charge in [0.25, 0.3) is 0 Å². The molecule has 1 amide bonds. The number of piperazine rings is 1. The molecule has 8 nitrogen and oxygen atoms in total. The lowest BCUT2D eigenvalue weighted by Crippen LogP contribution is -2.53. The molecule has 1 aliphatic rings. The molecule has 1 atom stereocenters. The molecule has 1 fully saturated rings. The minimum atomic E-state index is -1.01. The third kappa shape index (κ3) is 3.78. The van der Waals surface area contributed by atoms with Crippen LogP contribution in [0.5, 0.6) is 5.75 Å². The molecule has 1 saturated heterocycles. The number of rotatable bonds is 3. The highest BCUT2D eigenvalue weighted by Gasteiger charge is 2.30. The van der Waals surface area contributed by atoms with Crippen molar-refractivity contribution in [2.75, 3.05) is 31.6 Å². The number of benzene rings is 1. The number of anilines is 1. The number of ether oxygens (including phenoxy) is 1. The van der Waals surface area contributed by atoms with Crippen LogP contribution < -0.4 is 9.64 Å². The van der Waals surface area contributed by atoms with Crippen molar-refractivity contribution in [3.05, 3.63) is 41.2 Å².